The van der Waals surface area contributed by atoms with E-state index in [-0.39, 0.29) is 77.6 Å². The van der Waals surface area contributed by atoms with Crippen molar-refractivity contribution in [1.29, 1.82) is 0 Å². The summed E-state index contributed by atoms with van der Waals surface area (Å²) in [7, 11) is 0. The van der Waals surface area contributed by atoms with Crippen LogP contribution < -0.4 is 16.3 Å². The summed E-state index contributed by atoms with van der Waals surface area (Å²) in [5.74, 6) is -2.07. The number of aromatic amines is 1. The summed E-state index contributed by atoms with van der Waals surface area (Å²) in [4.78, 5) is 48.6. The maximum Gasteiger partial charge on any atom is 0.345 e. The molecule has 3 aromatic heterocycles. The molecule has 4 heterocycles. The standard InChI is InChI=1S/C26H24N4O4S.C15H18N2O.C11H9NO3S.BrH/c1-14-22(24(32)30(29-14)16-8-7-15-11-12-26(2,3)18(15)13-16)28-27-19-6-4-5-17(23(19)31)20-9-10-21(35-20)25(33)34;1-10-8-14(18)17(16-10)12-5-4-11-6-7-15(2,3)13(11)9-12;12-7-3-1-2-6(10(7)13)8-4-5-9(16-8)11(14)15;/h4-10,13,29,31H,11-12H2,1-3H3,(H,33,34);4-5,9H,6-8H2,1-3H3;1-5,13H,12H2,(H,14,15);1H. The number of anilines is 2. The number of hydrazone groups is 1. The highest BCUT2D eigenvalue weighted by molar-refractivity contribution is 8.93. The van der Waals surface area contributed by atoms with Gasteiger partial charge in [0.2, 0.25) is 0 Å². The molecule has 7 aromatic rings. The third-order valence-corrected chi connectivity index (χ3v) is 14.9. The number of thiophene rings is 2. The van der Waals surface area contributed by atoms with Crippen LogP contribution >= 0.6 is 39.7 Å². The highest BCUT2D eigenvalue weighted by Crippen LogP contribution is 2.43. The van der Waals surface area contributed by atoms with Crippen molar-refractivity contribution in [2.24, 2.45) is 15.3 Å². The van der Waals surface area contributed by atoms with E-state index in [1.807, 2.05) is 19.1 Å². The lowest BCUT2D eigenvalue weighted by Gasteiger charge is -2.21. The Kier molecular flexibility index (Phi) is 14.5. The van der Waals surface area contributed by atoms with Gasteiger partial charge < -0.3 is 26.2 Å². The van der Waals surface area contributed by atoms with Gasteiger partial charge in [0.25, 0.3) is 11.5 Å². The first-order chi connectivity index (χ1) is 32.7. The smallest absolute Gasteiger partial charge is 0.345 e. The van der Waals surface area contributed by atoms with Gasteiger partial charge in [-0.1, -0.05) is 52.0 Å². The Labute approximate surface area is 422 Å². The molecule has 0 unspecified atom stereocenters. The van der Waals surface area contributed by atoms with E-state index in [0.29, 0.717) is 33.0 Å². The van der Waals surface area contributed by atoms with Gasteiger partial charge in [-0.3, -0.25) is 14.7 Å². The van der Waals surface area contributed by atoms with Crippen molar-refractivity contribution in [3.63, 3.8) is 0 Å². The minimum Gasteiger partial charge on any atom is -0.505 e. The molecule has 1 aliphatic heterocycles. The molecule has 10 rings (SSSR count). The Morgan fingerprint density at radius 2 is 1.24 bits per heavy atom. The highest BCUT2D eigenvalue weighted by Gasteiger charge is 2.32. The Bertz CT molecular complexity index is 3310. The molecule has 0 bridgehead atoms. The fourth-order valence-electron chi connectivity index (χ4n) is 8.72. The Hall–Kier alpha value is -7.15. The molecular formula is C52H52BrN7O8S2. The van der Waals surface area contributed by atoms with Gasteiger partial charge in [0.1, 0.15) is 21.2 Å². The van der Waals surface area contributed by atoms with Crippen molar-refractivity contribution in [3.8, 4) is 38.1 Å². The SMILES string of the molecule is Br.CC1=NN(c2ccc3c(c2)C(C)(C)CC3)C(=O)C1.Cc1[nH]n(-c2ccc3c(c2)C(C)(C)CC3)c(=O)c1N=Nc1cccc(-c2ccc(C(=O)O)s2)c1O.Nc1cccc(-c2ccc(C(=O)O)s2)c1O. The molecule has 3 aliphatic rings. The molecule has 0 fully saturated rings. The van der Waals surface area contributed by atoms with Crippen molar-refractivity contribution in [1.82, 2.24) is 9.78 Å². The third-order valence-electron chi connectivity index (χ3n) is 12.6. The van der Waals surface area contributed by atoms with E-state index in [0.717, 1.165) is 59.0 Å². The second-order valence-electron chi connectivity index (χ2n) is 18.4. The minimum absolute atomic E-state index is 0. The summed E-state index contributed by atoms with van der Waals surface area (Å²) in [5.41, 5.74) is 15.6. The number of nitrogens with one attached hydrogen (secondary N) is 1. The van der Waals surface area contributed by atoms with E-state index in [2.05, 4.69) is 72.4 Å². The van der Waals surface area contributed by atoms with Crippen LogP contribution in [0.2, 0.25) is 0 Å². The van der Waals surface area contributed by atoms with E-state index in [9.17, 15) is 29.4 Å². The van der Waals surface area contributed by atoms with Crippen LogP contribution in [0.25, 0.3) is 26.6 Å². The first-order valence-electron chi connectivity index (χ1n) is 22.2. The maximum atomic E-state index is 13.2. The van der Waals surface area contributed by atoms with Crippen LogP contribution in [0.4, 0.5) is 22.7 Å². The number of aromatic nitrogens is 2. The van der Waals surface area contributed by atoms with Crippen LogP contribution in [0.5, 0.6) is 11.5 Å². The molecule has 0 saturated carbocycles. The maximum absolute atomic E-state index is 13.2. The normalized spacial score (nSPS) is 15.0. The Balaban J connectivity index is 0.000000172. The van der Waals surface area contributed by atoms with E-state index in [1.165, 1.54) is 45.5 Å². The number of amides is 1. The van der Waals surface area contributed by atoms with Gasteiger partial charge >= 0.3 is 11.9 Å². The number of hydrogen-bond donors (Lipinski definition) is 6. The molecule has 70 heavy (non-hydrogen) atoms. The number of halogens is 1. The lowest BCUT2D eigenvalue weighted by molar-refractivity contribution is -0.116. The first kappa shape index (κ1) is 50.7. The number of aromatic hydroxyl groups is 2. The van der Waals surface area contributed by atoms with Gasteiger partial charge in [0, 0.05) is 26.6 Å². The number of nitrogens with two attached hydrogens (primary N) is 1. The number of azo groups is 1. The topological polar surface area (TPSA) is 236 Å². The zero-order valence-corrected chi connectivity index (χ0v) is 42.6. The zero-order valence-electron chi connectivity index (χ0n) is 39.2. The minimum atomic E-state index is -1.03. The van der Waals surface area contributed by atoms with Gasteiger partial charge in [-0.05, 0) is 145 Å². The van der Waals surface area contributed by atoms with Crippen molar-refractivity contribution < 1.29 is 34.8 Å². The number of phenols is 2. The largest absolute Gasteiger partial charge is 0.505 e. The van der Waals surface area contributed by atoms with Crippen LogP contribution in [-0.4, -0.2) is 53.8 Å². The van der Waals surface area contributed by atoms with Crippen molar-refractivity contribution in [2.75, 3.05) is 10.7 Å². The number of nitrogen functional groups attached to an aromatic ring is 1. The predicted molar refractivity (Wildman–Crippen MR) is 281 cm³/mol. The molecule has 15 nitrogen and oxygen atoms in total. The first-order valence-corrected chi connectivity index (χ1v) is 23.8. The van der Waals surface area contributed by atoms with Gasteiger partial charge in [-0.25, -0.2) is 19.3 Å². The molecule has 2 aliphatic carbocycles. The number of carbonyl (C=O) groups is 3. The fourth-order valence-corrected chi connectivity index (χ4v) is 10.5. The summed E-state index contributed by atoms with van der Waals surface area (Å²) in [6.45, 7) is 12.6. The molecule has 4 aromatic carbocycles. The zero-order chi connectivity index (χ0) is 49.5. The fraction of sp³-hybridized carbons (Fsp3) is 0.250. The molecule has 362 valence electrons. The van der Waals surface area contributed by atoms with Gasteiger partial charge in [-0.2, -0.15) is 5.10 Å². The highest BCUT2D eigenvalue weighted by atomic mass is 79.9. The number of benzene rings is 4. The number of H-pyrrole nitrogens is 1. The molecule has 18 heteroatoms. The number of fused-ring (bicyclic) bond motifs is 2. The van der Waals surface area contributed by atoms with Crippen molar-refractivity contribution >= 4 is 86.0 Å². The number of aromatic carboxylic acids is 2. The molecular weight excluding hydrogens is 995 g/mol. The van der Waals surface area contributed by atoms with E-state index >= 15 is 0 Å². The molecule has 7 N–H and O–H groups in total. The Morgan fingerprint density at radius 1 is 0.714 bits per heavy atom. The quantitative estimate of drug-likeness (QED) is 0.0481. The number of rotatable bonds is 8. The van der Waals surface area contributed by atoms with Gasteiger partial charge in [-0.15, -0.1) is 49.9 Å². The van der Waals surface area contributed by atoms with E-state index < -0.39 is 11.9 Å². The molecule has 0 spiro atoms. The number of aryl methyl sites for hydroxylation is 3. The van der Waals surface area contributed by atoms with Gasteiger partial charge in [0.05, 0.1) is 29.2 Å². The molecule has 0 atom stereocenters. The van der Waals surface area contributed by atoms with Crippen molar-refractivity contribution in [2.45, 2.75) is 84.5 Å². The summed E-state index contributed by atoms with van der Waals surface area (Å²) in [6.07, 6.45) is 4.88. The number of para-hydroxylation sites is 2. The van der Waals surface area contributed by atoms with Crippen LogP contribution in [0, 0.1) is 6.92 Å². The number of phenolic OH excluding ortho intramolecular Hbond substituents is 2. The predicted octanol–water partition coefficient (Wildman–Crippen LogP) is 12.2. The number of carboxylic acid groups (broad SMARTS) is 2. The van der Waals surface area contributed by atoms with Gasteiger partial charge in [0.15, 0.2) is 11.4 Å². The summed E-state index contributed by atoms with van der Waals surface area (Å²) in [6, 6.07) is 28.6. The summed E-state index contributed by atoms with van der Waals surface area (Å²) >= 11 is 2.16. The van der Waals surface area contributed by atoms with E-state index in [1.54, 1.807) is 60.5 Å². The summed E-state index contributed by atoms with van der Waals surface area (Å²) < 4.78 is 1.47. The summed E-state index contributed by atoms with van der Waals surface area (Å²) in [5, 5.41) is 55.7. The third kappa shape index (κ3) is 10.2. The number of hydrogen-bond acceptors (Lipinski definition) is 12. The van der Waals surface area contributed by atoms with Crippen LogP contribution in [0.15, 0.2) is 117 Å². The monoisotopic (exact) mass is 1050 g/mol. The lowest BCUT2D eigenvalue weighted by atomic mass is 9.86. The van der Waals surface area contributed by atoms with E-state index in [4.69, 9.17) is 15.9 Å². The van der Waals surface area contributed by atoms with Crippen molar-refractivity contribution in [3.05, 3.63) is 145 Å². The molecule has 0 radical (unpaired) electrons. The molecule has 1 amide bonds. The number of carbonyl (C=O) groups excluding carboxylic acids is 1. The second kappa shape index (κ2) is 20.1. The van der Waals surface area contributed by atoms with Crippen LogP contribution in [-0.2, 0) is 28.5 Å². The number of carboxylic acids is 2. The van der Waals surface area contributed by atoms with Crippen LogP contribution in [0.3, 0.4) is 0 Å². The number of nitrogens with zero attached hydrogens (tertiary/aromatic N) is 5. The second-order valence-corrected chi connectivity index (χ2v) is 20.6. The average molecular weight is 1050 g/mol. The van der Waals surface area contributed by atoms with Crippen LogP contribution in [0.1, 0.15) is 101 Å². The average Bonchev–Trinajstić information content (AvgIpc) is 4.18. The molecule has 0 saturated heterocycles. The Morgan fingerprint density at radius 3 is 1.77 bits per heavy atom. The lowest BCUT2D eigenvalue weighted by Crippen LogP contribution is -2.20.